The van der Waals surface area contributed by atoms with Gasteiger partial charge < -0.3 is 25.4 Å². The molecule has 0 bridgehead atoms. The van der Waals surface area contributed by atoms with E-state index < -0.39 is 0 Å². The third kappa shape index (κ3) is 5.25. The molecule has 4 N–H and O–H groups in total. The van der Waals surface area contributed by atoms with E-state index in [4.69, 9.17) is 4.98 Å². The number of carbonyl (C=O) groups excluding carboxylic acids is 1. The Bertz CT molecular complexity index is 1690. The Hall–Kier alpha value is -4.35. The van der Waals surface area contributed by atoms with Crippen molar-refractivity contribution in [1.29, 1.82) is 0 Å². The summed E-state index contributed by atoms with van der Waals surface area (Å²) in [6.45, 7) is 5.96. The Morgan fingerprint density at radius 3 is 2.68 bits per heavy atom. The average molecular weight is 551 g/mol. The highest BCUT2D eigenvalue weighted by atomic mass is 16.1. The Kier molecular flexibility index (Phi) is 6.81. The second-order valence-corrected chi connectivity index (χ2v) is 11.2. The van der Waals surface area contributed by atoms with Crippen LogP contribution in [-0.4, -0.2) is 87.3 Å². The van der Waals surface area contributed by atoms with Crippen LogP contribution in [0.2, 0.25) is 0 Å². The van der Waals surface area contributed by atoms with Gasteiger partial charge in [0.2, 0.25) is 5.91 Å². The molecule has 5 aromatic heterocycles. The molecule has 1 amide bonds. The van der Waals surface area contributed by atoms with Gasteiger partial charge >= 0.3 is 0 Å². The third-order valence-corrected chi connectivity index (χ3v) is 8.28. The molecule has 0 aromatic carbocycles. The third-order valence-electron chi connectivity index (χ3n) is 8.28. The number of carbonyl (C=O) groups is 1. The summed E-state index contributed by atoms with van der Waals surface area (Å²) in [6.07, 6.45) is 9.87. The zero-order valence-corrected chi connectivity index (χ0v) is 23.2. The van der Waals surface area contributed by atoms with Crippen molar-refractivity contribution in [1.82, 2.24) is 40.3 Å². The highest BCUT2D eigenvalue weighted by Gasteiger charge is 2.20. The highest BCUT2D eigenvalue weighted by Crippen LogP contribution is 2.33. The Morgan fingerprint density at radius 1 is 1.00 bits per heavy atom. The number of pyridine rings is 3. The molecule has 0 atom stereocenters. The van der Waals surface area contributed by atoms with Gasteiger partial charge in [0, 0.05) is 49.7 Å². The van der Waals surface area contributed by atoms with Gasteiger partial charge in [-0.25, -0.2) is 4.98 Å². The number of piperidine rings is 1. The van der Waals surface area contributed by atoms with E-state index in [1.165, 1.54) is 0 Å². The van der Waals surface area contributed by atoms with Gasteiger partial charge in [0.1, 0.15) is 11.2 Å². The fourth-order valence-electron chi connectivity index (χ4n) is 5.92. The van der Waals surface area contributed by atoms with Crippen LogP contribution >= 0.6 is 0 Å². The molecule has 11 heteroatoms. The smallest absolute Gasteiger partial charge is 0.224 e. The van der Waals surface area contributed by atoms with Gasteiger partial charge in [0.25, 0.3) is 0 Å². The SMILES string of the molecule is CN1CCN(c2cncc3[nH]c(-c4n[nH]c5ccc(-c6cncc(NC(=O)CC7CCNCC7)c6)nc45)cc23)CC1. The summed E-state index contributed by atoms with van der Waals surface area (Å²) >= 11 is 0. The molecular formula is C30H34N10O. The van der Waals surface area contributed by atoms with Crippen LogP contribution in [0.25, 0.3) is 44.6 Å². The molecule has 0 saturated carbocycles. The molecule has 0 spiro atoms. The molecular weight excluding hydrogens is 516 g/mol. The van der Waals surface area contributed by atoms with Gasteiger partial charge in [-0.3, -0.25) is 19.9 Å². The fraction of sp³-hybridized carbons (Fsp3) is 0.367. The lowest BCUT2D eigenvalue weighted by Crippen LogP contribution is -2.44. The van der Waals surface area contributed by atoms with Crippen LogP contribution in [-0.2, 0) is 4.79 Å². The van der Waals surface area contributed by atoms with Gasteiger partial charge in [-0.2, -0.15) is 5.10 Å². The zero-order chi connectivity index (χ0) is 27.8. The number of aromatic nitrogens is 6. The van der Waals surface area contributed by atoms with E-state index in [-0.39, 0.29) is 5.91 Å². The minimum absolute atomic E-state index is 0.0284. The molecule has 0 unspecified atom stereocenters. The Morgan fingerprint density at radius 2 is 1.83 bits per heavy atom. The van der Waals surface area contributed by atoms with Crippen molar-refractivity contribution in [3.8, 4) is 22.6 Å². The normalized spacial score (nSPS) is 17.0. The molecule has 7 heterocycles. The molecule has 2 saturated heterocycles. The van der Waals surface area contributed by atoms with Crippen molar-refractivity contribution < 1.29 is 4.79 Å². The lowest BCUT2D eigenvalue weighted by atomic mass is 9.94. The van der Waals surface area contributed by atoms with Gasteiger partial charge in [-0.05, 0) is 63.2 Å². The number of amides is 1. The molecule has 5 aromatic rings. The van der Waals surface area contributed by atoms with Crippen LogP contribution in [0.3, 0.4) is 0 Å². The van der Waals surface area contributed by atoms with E-state index in [1.807, 2.05) is 30.6 Å². The average Bonchev–Trinajstić information content (AvgIpc) is 3.62. The van der Waals surface area contributed by atoms with Crippen LogP contribution in [0.1, 0.15) is 19.3 Å². The van der Waals surface area contributed by atoms with E-state index in [0.717, 1.165) is 102 Å². The maximum Gasteiger partial charge on any atom is 0.224 e. The zero-order valence-electron chi connectivity index (χ0n) is 23.2. The number of likely N-dealkylation sites (N-methyl/N-ethyl adjacent to an activating group) is 1. The van der Waals surface area contributed by atoms with Crippen LogP contribution in [0.15, 0.2) is 49.1 Å². The molecule has 7 rings (SSSR count). The predicted molar refractivity (Wildman–Crippen MR) is 161 cm³/mol. The van der Waals surface area contributed by atoms with E-state index >= 15 is 0 Å². The second kappa shape index (κ2) is 10.9. The largest absolute Gasteiger partial charge is 0.367 e. The van der Waals surface area contributed by atoms with Crippen LogP contribution in [0.5, 0.6) is 0 Å². The second-order valence-electron chi connectivity index (χ2n) is 11.2. The number of hydrogen-bond acceptors (Lipinski definition) is 8. The minimum atomic E-state index is 0.0284. The van der Waals surface area contributed by atoms with E-state index in [2.05, 4.69) is 58.7 Å². The van der Waals surface area contributed by atoms with Crippen molar-refractivity contribution in [2.75, 3.05) is 56.5 Å². The number of rotatable bonds is 6. The fourth-order valence-corrected chi connectivity index (χ4v) is 5.92. The summed E-state index contributed by atoms with van der Waals surface area (Å²) in [5.74, 6) is 0.453. The number of aromatic amines is 2. The molecule has 2 fully saturated rings. The number of hydrogen-bond donors (Lipinski definition) is 4. The summed E-state index contributed by atoms with van der Waals surface area (Å²) in [5.41, 5.74) is 7.63. The number of H-pyrrole nitrogens is 2. The maximum absolute atomic E-state index is 12.7. The molecule has 41 heavy (non-hydrogen) atoms. The van der Waals surface area contributed by atoms with Crippen LogP contribution in [0.4, 0.5) is 11.4 Å². The molecule has 2 aliphatic rings. The number of piperazine rings is 1. The molecule has 0 aliphatic carbocycles. The summed E-state index contributed by atoms with van der Waals surface area (Å²) in [4.78, 5) is 34.8. The number of anilines is 2. The Balaban J connectivity index is 1.16. The first-order valence-electron chi connectivity index (χ1n) is 14.3. The monoisotopic (exact) mass is 550 g/mol. The summed E-state index contributed by atoms with van der Waals surface area (Å²) < 4.78 is 0. The standard InChI is InChI=1S/C30H34N10O/c1-39-8-10-40(11-9-39)27-18-33-17-26-22(27)14-25(35-26)30-29-24(37-38-30)3-2-23(36-29)20-13-21(16-32-15-20)34-28(41)12-19-4-6-31-7-5-19/h2-3,13-19,31,35H,4-12H2,1H3,(H,34,41)(H,37,38). The number of nitrogens with one attached hydrogen (secondary N) is 4. The molecule has 0 radical (unpaired) electrons. The molecule has 11 nitrogen and oxygen atoms in total. The summed E-state index contributed by atoms with van der Waals surface area (Å²) in [6, 6.07) is 8.01. The molecule has 2 aliphatic heterocycles. The predicted octanol–water partition coefficient (Wildman–Crippen LogP) is 3.64. The van der Waals surface area contributed by atoms with Gasteiger partial charge in [-0.1, -0.05) is 0 Å². The maximum atomic E-state index is 12.7. The quantitative estimate of drug-likeness (QED) is 0.252. The minimum Gasteiger partial charge on any atom is -0.367 e. The first-order valence-corrected chi connectivity index (χ1v) is 14.3. The number of nitrogens with zero attached hydrogens (tertiary/aromatic N) is 6. The van der Waals surface area contributed by atoms with Gasteiger partial charge in [0.05, 0.1) is 52.4 Å². The van der Waals surface area contributed by atoms with Gasteiger partial charge in [0.15, 0.2) is 0 Å². The highest BCUT2D eigenvalue weighted by molar-refractivity contribution is 5.99. The van der Waals surface area contributed by atoms with Crippen molar-refractivity contribution in [2.24, 2.45) is 5.92 Å². The van der Waals surface area contributed by atoms with Crippen molar-refractivity contribution in [2.45, 2.75) is 19.3 Å². The summed E-state index contributed by atoms with van der Waals surface area (Å²) in [5, 5.41) is 15.3. The van der Waals surface area contributed by atoms with Crippen molar-refractivity contribution in [3.63, 3.8) is 0 Å². The van der Waals surface area contributed by atoms with E-state index in [9.17, 15) is 4.79 Å². The lowest BCUT2D eigenvalue weighted by molar-refractivity contribution is -0.117. The lowest BCUT2D eigenvalue weighted by Gasteiger charge is -2.34. The first-order chi connectivity index (χ1) is 20.1. The number of fused-ring (bicyclic) bond motifs is 2. The van der Waals surface area contributed by atoms with Gasteiger partial charge in [-0.15, -0.1) is 0 Å². The van der Waals surface area contributed by atoms with E-state index in [0.29, 0.717) is 18.0 Å². The van der Waals surface area contributed by atoms with Crippen LogP contribution < -0.4 is 15.5 Å². The van der Waals surface area contributed by atoms with E-state index in [1.54, 1.807) is 12.4 Å². The van der Waals surface area contributed by atoms with Crippen LogP contribution in [0, 0.1) is 5.92 Å². The van der Waals surface area contributed by atoms with Crippen molar-refractivity contribution in [3.05, 3.63) is 49.1 Å². The summed E-state index contributed by atoms with van der Waals surface area (Å²) in [7, 11) is 2.16. The topological polar surface area (TPSA) is 131 Å². The molecule has 210 valence electrons. The first kappa shape index (κ1) is 25.6. The Labute approximate surface area is 237 Å². The van der Waals surface area contributed by atoms with Crippen molar-refractivity contribution >= 4 is 39.2 Å².